The zero-order chi connectivity index (χ0) is 24.2. The first kappa shape index (κ1) is 23.1. The van der Waals surface area contributed by atoms with Crippen LogP contribution in [0.15, 0.2) is 84.4 Å². The Morgan fingerprint density at radius 3 is 2.24 bits per heavy atom. The number of anilines is 1. The van der Waals surface area contributed by atoms with Crippen molar-refractivity contribution in [3.8, 4) is 11.5 Å². The van der Waals surface area contributed by atoms with Gasteiger partial charge in [0.2, 0.25) is 0 Å². The number of carbonyl (C=O) groups excluding carboxylic acids is 2. The lowest BCUT2D eigenvalue weighted by molar-refractivity contribution is -0.132. The zero-order valence-corrected chi connectivity index (χ0v) is 19.4. The Bertz CT molecular complexity index is 1220. The van der Waals surface area contributed by atoms with E-state index in [0.717, 1.165) is 0 Å². The minimum absolute atomic E-state index is 0.00852. The third-order valence-corrected chi connectivity index (χ3v) is 5.62. The van der Waals surface area contributed by atoms with Gasteiger partial charge in [-0.15, -0.1) is 0 Å². The molecule has 0 aromatic heterocycles. The SMILES string of the molecule is COc1ccccc1C1/C(=C(/O)c2ccc(OCC(C)C)cc2)C(=O)C(=O)N1c1ccccc1. The fourth-order valence-electron chi connectivity index (χ4n) is 4.00. The highest BCUT2D eigenvalue weighted by Crippen LogP contribution is 2.44. The van der Waals surface area contributed by atoms with Crippen LogP contribution in [0.2, 0.25) is 0 Å². The number of ketones is 1. The zero-order valence-electron chi connectivity index (χ0n) is 19.4. The van der Waals surface area contributed by atoms with E-state index in [2.05, 4.69) is 13.8 Å². The van der Waals surface area contributed by atoms with E-state index in [1.54, 1.807) is 60.7 Å². The third-order valence-electron chi connectivity index (χ3n) is 5.62. The van der Waals surface area contributed by atoms with Gasteiger partial charge < -0.3 is 14.6 Å². The number of carbonyl (C=O) groups is 2. The molecule has 0 saturated carbocycles. The quantitative estimate of drug-likeness (QED) is 0.294. The summed E-state index contributed by atoms with van der Waals surface area (Å²) in [6.45, 7) is 4.69. The molecular weight excluding hydrogens is 430 g/mol. The van der Waals surface area contributed by atoms with Gasteiger partial charge in [-0.2, -0.15) is 0 Å². The smallest absolute Gasteiger partial charge is 0.300 e. The standard InChI is InChI=1S/C28H27NO5/c1-18(2)17-34-21-15-13-19(14-16-21)26(30)24-25(22-11-7-8-12-23(22)33-3)29(28(32)27(24)31)20-9-5-4-6-10-20/h4-16,18,25,30H,17H2,1-3H3/b26-24-. The molecule has 1 N–H and O–H groups in total. The Balaban J connectivity index is 1.84. The third kappa shape index (κ3) is 4.39. The van der Waals surface area contributed by atoms with E-state index in [1.165, 1.54) is 12.0 Å². The molecular formula is C28H27NO5. The molecule has 1 unspecified atom stereocenters. The molecule has 1 aliphatic rings. The Hall–Kier alpha value is -4.06. The minimum Gasteiger partial charge on any atom is -0.507 e. The fraction of sp³-hybridized carbons (Fsp3) is 0.214. The maximum Gasteiger partial charge on any atom is 0.300 e. The number of amides is 1. The van der Waals surface area contributed by atoms with Gasteiger partial charge in [0.15, 0.2) is 0 Å². The minimum atomic E-state index is -0.851. The van der Waals surface area contributed by atoms with Crippen molar-refractivity contribution < 1.29 is 24.2 Å². The normalized spacial score (nSPS) is 17.3. The van der Waals surface area contributed by atoms with E-state index >= 15 is 0 Å². The number of methoxy groups -OCH3 is 1. The summed E-state index contributed by atoms with van der Waals surface area (Å²) in [5.41, 5.74) is 1.58. The lowest BCUT2D eigenvalue weighted by Crippen LogP contribution is -2.29. The second-order valence-corrected chi connectivity index (χ2v) is 8.48. The summed E-state index contributed by atoms with van der Waals surface area (Å²) < 4.78 is 11.3. The highest BCUT2D eigenvalue weighted by molar-refractivity contribution is 6.51. The Morgan fingerprint density at radius 1 is 0.941 bits per heavy atom. The lowest BCUT2D eigenvalue weighted by atomic mass is 9.94. The van der Waals surface area contributed by atoms with Crippen LogP contribution in [0.25, 0.3) is 5.76 Å². The van der Waals surface area contributed by atoms with Crippen LogP contribution >= 0.6 is 0 Å². The van der Waals surface area contributed by atoms with Gasteiger partial charge in [-0.05, 0) is 48.4 Å². The first-order valence-corrected chi connectivity index (χ1v) is 11.1. The number of nitrogens with zero attached hydrogens (tertiary/aromatic N) is 1. The van der Waals surface area contributed by atoms with Crippen LogP contribution in [0.3, 0.4) is 0 Å². The van der Waals surface area contributed by atoms with Gasteiger partial charge in [0, 0.05) is 16.8 Å². The average Bonchev–Trinajstić information content (AvgIpc) is 3.13. The van der Waals surface area contributed by atoms with Crippen molar-refractivity contribution in [2.45, 2.75) is 19.9 Å². The van der Waals surface area contributed by atoms with E-state index in [0.29, 0.717) is 40.8 Å². The van der Waals surface area contributed by atoms with Crippen molar-refractivity contribution in [2.75, 3.05) is 18.6 Å². The fourth-order valence-corrected chi connectivity index (χ4v) is 4.00. The topological polar surface area (TPSA) is 76.1 Å². The van der Waals surface area contributed by atoms with Gasteiger partial charge in [0.25, 0.3) is 11.7 Å². The molecule has 1 amide bonds. The number of benzene rings is 3. The van der Waals surface area contributed by atoms with Crippen LogP contribution in [0.1, 0.15) is 31.0 Å². The Morgan fingerprint density at radius 2 is 1.59 bits per heavy atom. The summed E-state index contributed by atoms with van der Waals surface area (Å²) in [5, 5.41) is 11.3. The van der Waals surface area contributed by atoms with Crippen LogP contribution < -0.4 is 14.4 Å². The summed E-state index contributed by atoms with van der Waals surface area (Å²) in [5.74, 6) is -0.154. The average molecular weight is 458 g/mol. The van der Waals surface area contributed by atoms with Crippen molar-refractivity contribution in [3.05, 3.63) is 95.6 Å². The second-order valence-electron chi connectivity index (χ2n) is 8.48. The number of hydrogen-bond acceptors (Lipinski definition) is 5. The molecule has 6 nitrogen and oxygen atoms in total. The summed E-state index contributed by atoms with van der Waals surface area (Å²) in [4.78, 5) is 27.9. The van der Waals surface area contributed by atoms with E-state index in [1.807, 2.05) is 18.2 Å². The van der Waals surface area contributed by atoms with Crippen LogP contribution in [0, 0.1) is 5.92 Å². The number of ether oxygens (including phenoxy) is 2. The molecule has 34 heavy (non-hydrogen) atoms. The molecule has 3 aromatic carbocycles. The molecule has 0 spiro atoms. The van der Waals surface area contributed by atoms with E-state index in [4.69, 9.17) is 9.47 Å². The van der Waals surface area contributed by atoms with Gasteiger partial charge in [-0.1, -0.05) is 50.2 Å². The summed E-state index contributed by atoms with van der Waals surface area (Å²) in [6.07, 6.45) is 0. The van der Waals surface area contributed by atoms with Gasteiger partial charge in [0.05, 0.1) is 25.3 Å². The molecule has 0 radical (unpaired) electrons. The Kier molecular flexibility index (Phi) is 6.68. The van der Waals surface area contributed by atoms with Gasteiger partial charge >= 0.3 is 0 Å². The highest BCUT2D eigenvalue weighted by Gasteiger charge is 2.47. The molecule has 1 atom stereocenters. The van der Waals surface area contributed by atoms with Crippen molar-refractivity contribution in [1.82, 2.24) is 0 Å². The highest BCUT2D eigenvalue weighted by atomic mass is 16.5. The van der Waals surface area contributed by atoms with Gasteiger partial charge in [-0.25, -0.2) is 0 Å². The lowest BCUT2D eigenvalue weighted by Gasteiger charge is -2.26. The maximum atomic E-state index is 13.3. The van der Waals surface area contributed by atoms with Crippen molar-refractivity contribution >= 4 is 23.1 Å². The number of para-hydroxylation sites is 2. The molecule has 3 aromatic rings. The molecule has 0 bridgehead atoms. The van der Waals surface area contributed by atoms with Crippen molar-refractivity contribution in [2.24, 2.45) is 5.92 Å². The number of rotatable bonds is 7. The van der Waals surface area contributed by atoms with E-state index in [-0.39, 0.29) is 11.3 Å². The molecule has 1 saturated heterocycles. The number of Topliss-reactive ketones (excluding diaryl/α,β-unsaturated/α-hetero) is 1. The molecule has 174 valence electrons. The van der Waals surface area contributed by atoms with Crippen molar-refractivity contribution in [3.63, 3.8) is 0 Å². The number of aliphatic hydroxyl groups is 1. The maximum absolute atomic E-state index is 13.3. The van der Waals surface area contributed by atoms with Crippen LogP contribution in [0.5, 0.6) is 11.5 Å². The largest absolute Gasteiger partial charge is 0.507 e. The molecule has 1 aliphatic heterocycles. The first-order valence-electron chi connectivity index (χ1n) is 11.1. The molecule has 1 heterocycles. The molecule has 1 fully saturated rings. The summed E-state index contributed by atoms with van der Waals surface area (Å²) >= 11 is 0. The second kappa shape index (κ2) is 9.83. The monoisotopic (exact) mass is 457 g/mol. The van der Waals surface area contributed by atoms with Crippen molar-refractivity contribution in [1.29, 1.82) is 0 Å². The first-order chi connectivity index (χ1) is 16.4. The molecule has 4 rings (SSSR count). The van der Waals surface area contributed by atoms with Gasteiger partial charge in [-0.3, -0.25) is 14.5 Å². The number of aliphatic hydroxyl groups excluding tert-OH is 1. The predicted molar refractivity (Wildman–Crippen MR) is 131 cm³/mol. The predicted octanol–water partition coefficient (Wildman–Crippen LogP) is 5.36. The van der Waals surface area contributed by atoms with Crippen LogP contribution in [0.4, 0.5) is 5.69 Å². The Labute approximate surface area is 199 Å². The number of hydrogen-bond donors (Lipinski definition) is 1. The van der Waals surface area contributed by atoms with Crippen LogP contribution in [-0.2, 0) is 9.59 Å². The van der Waals surface area contributed by atoms with Gasteiger partial charge in [0.1, 0.15) is 17.3 Å². The molecule has 6 heteroatoms. The summed E-state index contributed by atoms with van der Waals surface area (Å²) in [7, 11) is 1.53. The van der Waals surface area contributed by atoms with E-state index < -0.39 is 17.7 Å². The summed E-state index contributed by atoms with van der Waals surface area (Å²) in [6, 6.07) is 22.1. The van der Waals surface area contributed by atoms with E-state index in [9.17, 15) is 14.7 Å². The van der Waals surface area contributed by atoms with Crippen LogP contribution in [-0.4, -0.2) is 30.5 Å². The molecule has 0 aliphatic carbocycles.